The van der Waals surface area contributed by atoms with Gasteiger partial charge in [-0.2, -0.15) is 9.40 Å². The minimum atomic E-state index is -3.87. The van der Waals surface area contributed by atoms with Gasteiger partial charge in [-0.15, -0.1) is 6.58 Å². The first-order valence-corrected chi connectivity index (χ1v) is 14.7. The second-order valence-corrected chi connectivity index (χ2v) is 13.0. The van der Waals surface area contributed by atoms with Gasteiger partial charge in [0, 0.05) is 18.5 Å². The normalized spacial score (nSPS) is 22.7. The largest absolute Gasteiger partial charge is 0.243 e. The van der Waals surface area contributed by atoms with Crippen LogP contribution in [0.2, 0.25) is 5.02 Å². The van der Waals surface area contributed by atoms with Crippen LogP contribution < -0.4 is 0 Å². The third-order valence-electron chi connectivity index (χ3n) is 8.32. The van der Waals surface area contributed by atoms with Gasteiger partial charge in [-0.05, 0) is 98.0 Å². The topological polar surface area (TPSA) is 55.2 Å². The van der Waals surface area contributed by atoms with Crippen LogP contribution in [0.25, 0.3) is 11.8 Å². The Morgan fingerprint density at radius 3 is 2.58 bits per heavy atom. The van der Waals surface area contributed by atoms with Crippen LogP contribution in [0, 0.1) is 28.9 Å². The van der Waals surface area contributed by atoms with Crippen LogP contribution in [0.5, 0.6) is 0 Å². The van der Waals surface area contributed by atoms with E-state index in [4.69, 9.17) is 11.6 Å². The lowest BCUT2D eigenvalue weighted by atomic mass is 9.68. The van der Waals surface area contributed by atoms with Crippen molar-refractivity contribution in [3.05, 3.63) is 94.8 Å². The number of fused-ring (bicyclic) bond motifs is 2. The lowest BCUT2D eigenvalue weighted by molar-refractivity contribution is 0.245. The molecule has 198 valence electrons. The number of sulfonamides is 1. The van der Waals surface area contributed by atoms with Crippen molar-refractivity contribution < 1.29 is 17.2 Å². The molecule has 0 aliphatic heterocycles. The van der Waals surface area contributed by atoms with E-state index in [0.717, 1.165) is 48.7 Å². The molecule has 0 saturated heterocycles. The summed E-state index contributed by atoms with van der Waals surface area (Å²) in [4.78, 5) is 0.0115. The molecule has 0 N–H and O–H groups in total. The van der Waals surface area contributed by atoms with Gasteiger partial charge in [-0.25, -0.2) is 21.9 Å². The minimum Gasteiger partial charge on any atom is -0.233 e. The molecule has 3 aliphatic carbocycles. The molecule has 0 bridgehead atoms. The zero-order chi connectivity index (χ0) is 26.7. The lowest BCUT2D eigenvalue weighted by Gasteiger charge is -2.39. The minimum absolute atomic E-state index is 0.0115. The Bertz CT molecular complexity index is 1550. The SMILES string of the molecule is C=C[C@]12Cc3cnn(-c4ccc(F)cc4)c3C=C1CC[C@@H]2CN(CC1CC1)S(=O)(=O)c1ccc(F)c(Cl)c1. The van der Waals surface area contributed by atoms with E-state index in [1.54, 1.807) is 16.4 Å². The Labute approximate surface area is 226 Å². The summed E-state index contributed by atoms with van der Waals surface area (Å²) in [6.07, 6.45) is 10.3. The van der Waals surface area contributed by atoms with Gasteiger partial charge in [-0.1, -0.05) is 23.3 Å². The van der Waals surface area contributed by atoms with Crippen LogP contribution in [-0.4, -0.2) is 35.6 Å². The average Bonchev–Trinajstić information content (AvgIpc) is 3.53. The zero-order valence-corrected chi connectivity index (χ0v) is 22.4. The first kappa shape index (κ1) is 25.5. The number of nitrogens with zero attached hydrogens (tertiary/aromatic N) is 3. The molecular weight excluding hydrogens is 528 g/mol. The smallest absolute Gasteiger partial charge is 0.233 e. The summed E-state index contributed by atoms with van der Waals surface area (Å²) in [5, 5.41) is 4.38. The van der Waals surface area contributed by atoms with E-state index in [-0.39, 0.29) is 27.1 Å². The summed E-state index contributed by atoms with van der Waals surface area (Å²) in [6.45, 7) is 4.99. The van der Waals surface area contributed by atoms with Crippen molar-refractivity contribution in [3.63, 3.8) is 0 Å². The molecule has 1 heterocycles. The van der Waals surface area contributed by atoms with E-state index in [9.17, 15) is 17.2 Å². The molecular formula is C29H28ClF2N3O2S. The van der Waals surface area contributed by atoms with Crippen molar-refractivity contribution in [1.29, 1.82) is 0 Å². The first-order valence-electron chi connectivity index (χ1n) is 12.8. The van der Waals surface area contributed by atoms with Gasteiger partial charge in [0.1, 0.15) is 11.6 Å². The number of aromatic nitrogens is 2. The van der Waals surface area contributed by atoms with Crippen molar-refractivity contribution in [2.75, 3.05) is 13.1 Å². The Morgan fingerprint density at radius 1 is 1.13 bits per heavy atom. The van der Waals surface area contributed by atoms with E-state index in [1.807, 2.05) is 17.0 Å². The fraction of sp³-hybridized carbons (Fsp3) is 0.345. The molecule has 2 atom stereocenters. The molecule has 38 heavy (non-hydrogen) atoms. The Hall–Kier alpha value is -2.81. The van der Waals surface area contributed by atoms with Crippen LogP contribution in [0.15, 0.2) is 71.8 Å². The summed E-state index contributed by atoms with van der Waals surface area (Å²) in [5.41, 5.74) is 3.62. The molecule has 0 radical (unpaired) electrons. The van der Waals surface area contributed by atoms with Gasteiger partial charge in [0.25, 0.3) is 0 Å². The lowest BCUT2D eigenvalue weighted by Crippen LogP contribution is -2.42. The van der Waals surface area contributed by atoms with Gasteiger partial charge >= 0.3 is 0 Å². The number of benzene rings is 2. The highest BCUT2D eigenvalue weighted by Gasteiger charge is 2.49. The molecule has 6 rings (SSSR count). The molecule has 5 nitrogen and oxygen atoms in total. The molecule has 0 amide bonds. The molecule has 2 aromatic carbocycles. The molecule has 2 saturated carbocycles. The monoisotopic (exact) mass is 555 g/mol. The maximum absolute atomic E-state index is 13.8. The Balaban J connectivity index is 1.32. The molecule has 2 fully saturated rings. The van der Waals surface area contributed by atoms with E-state index < -0.39 is 15.8 Å². The highest BCUT2D eigenvalue weighted by atomic mass is 35.5. The second-order valence-electron chi connectivity index (χ2n) is 10.6. The summed E-state index contributed by atoms with van der Waals surface area (Å²) < 4.78 is 58.2. The van der Waals surface area contributed by atoms with Crippen molar-refractivity contribution in [2.45, 2.75) is 37.0 Å². The van der Waals surface area contributed by atoms with Gasteiger partial charge in [-0.3, -0.25) is 0 Å². The van der Waals surface area contributed by atoms with Gasteiger partial charge < -0.3 is 0 Å². The number of allylic oxidation sites excluding steroid dienone is 2. The number of hydrogen-bond acceptors (Lipinski definition) is 3. The van der Waals surface area contributed by atoms with E-state index in [2.05, 4.69) is 17.8 Å². The summed E-state index contributed by atoms with van der Waals surface area (Å²) >= 11 is 5.95. The van der Waals surface area contributed by atoms with Crippen LogP contribution in [0.3, 0.4) is 0 Å². The maximum Gasteiger partial charge on any atom is 0.243 e. The van der Waals surface area contributed by atoms with E-state index >= 15 is 0 Å². The van der Waals surface area contributed by atoms with E-state index in [1.165, 1.54) is 29.8 Å². The van der Waals surface area contributed by atoms with Crippen molar-refractivity contribution in [3.8, 4) is 5.69 Å². The molecule has 0 unspecified atom stereocenters. The zero-order valence-electron chi connectivity index (χ0n) is 20.8. The second kappa shape index (κ2) is 9.43. The fourth-order valence-corrected chi connectivity index (χ4v) is 7.85. The Morgan fingerprint density at radius 2 is 1.89 bits per heavy atom. The summed E-state index contributed by atoms with van der Waals surface area (Å²) in [5.74, 6) is -0.581. The number of halogens is 3. The highest BCUT2D eigenvalue weighted by Crippen LogP contribution is 2.54. The van der Waals surface area contributed by atoms with Crippen LogP contribution in [0.1, 0.15) is 36.9 Å². The molecule has 3 aliphatic rings. The fourth-order valence-electron chi connectivity index (χ4n) is 6.01. The quantitative estimate of drug-likeness (QED) is 0.301. The van der Waals surface area contributed by atoms with Gasteiger partial charge in [0.2, 0.25) is 10.0 Å². The molecule has 3 aromatic rings. The van der Waals surface area contributed by atoms with Gasteiger partial charge in [0.05, 0.1) is 27.5 Å². The molecule has 9 heteroatoms. The van der Waals surface area contributed by atoms with Crippen molar-refractivity contribution in [1.82, 2.24) is 14.1 Å². The third-order valence-corrected chi connectivity index (χ3v) is 10.4. The summed E-state index contributed by atoms with van der Waals surface area (Å²) in [7, 11) is -3.87. The van der Waals surface area contributed by atoms with Gasteiger partial charge in [0.15, 0.2) is 0 Å². The van der Waals surface area contributed by atoms with E-state index in [0.29, 0.717) is 25.4 Å². The maximum atomic E-state index is 13.8. The molecule has 0 spiro atoms. The standard InChI is InChI=1S/C29H28ClF2N3O2S/c1-2-29-15-20-16-33-35(24-9-7-23(31)8-10-24)28(20)13-21(29)5-6-22(29)18-34(17-19-3-4-19)38(36,37)25-11-12-27(32)26(30)14-25/h2,7-14,16,19,22H,1,3-6,15,17-18H2/t22-,29+/m1/s1. The predicted molar refractivity (Wildman–Crippen MR) is 143 cm³/mol. The van der Waals surface area contributed by atoms with Crippen molar-refractivity contribution >= 4 is 27.7 Å². The predicted octanol–water partition coefficient (Wildman–Crippen LogP) is 6.43. The van der Waals surface area contributed by atoms with Crippen LogP contribution in [-0.2, 0) is 16.4 Å². The highest BCUT2D eigenvalue weighted by molar-refractivity contribution is 7.89. The number of hydrogen-bond donors (Lipinski definition) is 0. The van der Waals surface area contributed by atoms with Crippen LogP contribution in [0.4, 0.5) is 8.78 Å². The average molecular weight is 556 g/mol. The Kier molecular flexibility index (Phi) is 6.32. The third kappa shape index (κ3) is 4.32. The van der Waals surface area contributed by atoms with Crippen molar-refractivity contribution in [2.24, 2.45) is 17.3 Å². The number of rotatable bonds is 8. The molecule has 1 aromatic heterocycles. The van der Waals surface area contributed by atoms with Crippen LogP contribution >= 0.6 is 11.6 Å². The first-order chi connectivity index (χ1) is 18.2. The summed E-state index contributed by atoms with van der Waals surface area (Å²) in [6, 6.07) is 9.84.